The summed E-state index contributed by atoms with van der Waals surface area (Å²) < 4.78 is 27.7. The van der Waals surface area contributed by atoms with Crippen molar-refractivity contribution in [2.24, 2.45) is 21.8 Å². The Morgan fingerprint density at radius 2 is 1.90 bits per heavy atom. The summed E-state index contributed by atoms with van der Waals surface area (Å²) in [7, 11) is 0. The SMILES string of the molecule is CC[C@H]1CCCCN1C(=O)C[C@H](NC(=O)CCC(C)C)C(=O)N[C@H]1CCC[C@H]1C1=NCC(c2ccc(F)cc2F)=N1. The van der Waals surface area contributed by atoms with E-state index in [-0.39, 0.29) is 60.7 Å². The van der Waals surface area contributed by atoms with E-state index in [0.717, 1.165) is 44.6 Å². The number of carbonyl (C=O) groups is 3. The molecule has 0 bridgehead atoms. The van der Waals surface area contributed by atoms with Gasteiger partial charge < -0.3 is 15.5 Å². The summed E-state index contributed by atoms with van der Waals surface area (Å²) >= 11 is 0. The van der Waals surface area contributed by atoms with Crippen LogP contribution in [0.3, 0.4) is 0 Å². The van der Waals surface area contributed by atoms with E-state index in [4.69, 9.17) is 0 Å². The Kier molecular flexibility index (Phi) is 10.6. The maximum atomic E-state index is 14.3. The van der Waals surface area contributed by atoms with E-state index in [1.165, 1.54) is 12.1 Å². The molecule has 4 rings (SSSR count). The number of nitrogens with one attached hydrogen (secondary N) is 2. The second-order valence-corrected chi connectivity index (χ2v) is 11.9. The van der Waals surface area contributed by atoms with Gasteiger partial charge in [-0.2, -0.15) is 0 Å². The molecular formula is C31H43F2N5O3. The number of piperidine rings is 1. The summed E-state index contributed by atoms with van der Waals surface area (Å²) in [5.74, 6) is -1.36. The third kappa shape index (κ3) is 7.98. The number of amides is 3. The molecule has 3 aliphatic rings. The van der Waals surface area contributed by atoms with Crippen LogP contribution in [-0.2, 0) is 14.4 Å². The van der Waals surface area contributed by atoms with Crippen LogP contribution in [-0.4, -0.2) is 65.4 Å². The van der Waals surface area contributed by atoms with Gasteiger partial charge in [-0.15, -0.1) is 0 Å². The molecule has 0 spiro atoms. The lowest BCUT2D eigenvalue weighted by Gasteiger charge is -2.36. The normalized spacial score (nSPS) is 23.3. The number of hydrogen-bond acceptors (Lipinski definition) is 5. The molecule has 10 heteroatoms. The molecule has 2 heterocycles. The number of halogens is 2. The monoisotopic (exact) mass is 571 g/mol. The van der Waals surface area contributed by atoms with Crippen LogP contribution in [0, 0.1) is 23.5 Å². The number of nitrogens with zero attached hydrogens (tertiary/aromatic N) is 3. The van der Waals surface area contributed by atoms with Crippen molar-refractivity contribution in [3.8, 4) is 0 Å². The van der Waals surface area contributed by atoms with Crippen molar-refractivity contribution in [1.29, 1.82) is 0 Å². The molecule has 2 aliphatic heterocycles. The highest BCUT2D eigenvalue weighted by Crippen LogP contribution is 2.30. The molecule has 1 aromatic carbocycles. The van der Waals surface area contributed by atoms with E-state index in [1.54, 1.807) is 0 Å². The van der Waals surface area contributed by atoms with Gasteiger partial charge in [0.05, 0.1) is 18.7 Å². The van der Waals surface area contributed by atoms with E-state index in [0.29, 0.717) is 36.9 Å². The molecule has 41 heavy (non-hydrogen) atoms. The molecule has 1 saturated heterocycles. The van der Waals surface area contributed by atoms with Gasteiger partial charge in [0, 0.05) is 42.6 Å². The van der Waals surface area contributed by atoms with E-state index < -0.39 is 17.7 Å². The number of rotatable bonds is 11. The van der Waals surface area contributed by atoms with Crippen molar-refractivity contribution in [3.63, 3.8) is 0 Å². The number of aliphatic imine (C=N–C) groups is 2. The van der Waals surface area contributed by atoms with Gasteiger partial charge in [0.15, 0.2) is 0 Å². The van der Waals surface area contributed by atoms with Crippen molar-refractivity contribution in [2.75, 3.05) is 13.1 Å². The Labute approximate surface area is 241 Å². The largest absolute Gasteiger partial charge is 0.351 e. The predicted octanol–water partition coefficient (Wildman–Crippen LogP) is 4.55. The minimum atomic E-state index is -0.972. The first-order chi connectivity index (χ1) is 19.7. The molecule has 2 N–H and O–H groups in total. The van der Waals surface area contributed by atoms with Gasteiger partial charge in [-0.25, -0.2) is 13.8 Å². The quantitative estimate of drug-likeness (QED) is 0.407. The lowest BCUT2D eigenvalue weighted by molar-refractivity contribution is -0.139. The Hall–Kier alpha value is -3.17. The fourth-order valence-corrected chi connectivity index (χ4v) is 6.10. The van der Waals surface area contributed by atoms with Gasteiger partial charge in [0.25, 0.3) is 0 Å². The first-order valence-electron chi connectivity index (χ1n) is 15.1. The lowest BCUT2D eigenvalue weighted by atomic mass is 9.98. The Bertz CT molecular complexity index is 1180. The Balaban J connectivity index is 1.45. The lowest BCUT2D eigenvalue weighted by Crippen LogP contribution is -2.54. The molecule has 0 unspecified atom stereocenters. The molecule has 0 radical (unpaired) electrons. The molecule has 224 valence electrons. The minimum Gasteiger partial charge on any atom is -0.351 e. The highest BCUT2D eigenvalue weighted by Gasteiger charge is 2.37. The number of carbonyl (C=O) groups excluding carboxylic acids is 3. The summed E-state index contributed by atoms with van der Waals surface area (Å²) in [6.07, 6.45) is 7.05. The van der Waals surface area contributed by atoms with Gasteiger partial charge in [-0.3, -0.25) is 19.4 Å². The zero-order chi connectivity index (χ0) is 29.5. The molecule has 1 aliphatic carbocycles. The fourth-order valence-electron chi connectivity index (χ4n) is 6.10. The van der Waals surface area contributed by atoms with Crippen molar-refractivity contribution >= 4 is 29.3 Å². The van der Waals surface area contributed by atoms with E-state index in [2.05, 4.69) is 27.5 Å². The summed E-state index contributed by atoms with van der Waals surface area (Å²) in [4.78, 5) is 50.7. The summed E-state index contributed by atoms with van der Waals surface area (Å²) in [5.41, 5.74) is 0.650. The van der Waals surface area contributed by atoms with Crippen LogP contribution in [0.25, 0.3) is 0 Å². The molecular weight excluding hydrogens is 528 g/mol. The van der Waals surface area contributed by atoms with Gasteiger partial charge in [-0.05, 0) is 63.0 Å². The third-order valence-corrected chi connectivity index (χ3v) is 8.46. The number of benzene rings is 1. The van der Waals surface area contributed by atoms with Crippen molar-refractivity contribution in [3.05, 3.63) is 35.4 Å². The average Bonchev–Trinajstić information content (AvgIpc) is 3.61. The highest BCUT2D eigenvalue weighted by atomic mass is 19.1. The number of hydrogen-bond donors (Lipinski definition) is 2. The highest BCUT2D eigenvalue weighted by molar-refractivity contribution is 6.13. The van der Waals surface area contributed by atoms with Crippen LogP contribution in [0.5, 0.6) is 0 Å². The van der Waals surface area contributed by atoms with Crippen molar-refractivity contribution in [2.45, 2.75) is 103 Å². The third-order valence-electron chi connectivity index (χ3n) is 8.46. The summed E-state index contributed by atoms with van der Waals surface area (Å²) in [6, 6.07) is 2.31. The standard InChI is InChI=1S/C31H43F2N5O3/c1-4-21-8-5-6-15-38(21)29(40)17-26(35-28(39)14-11-19(2)3)31(41)37-25-10-7-9-23(25)30-34-18-27(36-30)22-13-12-20(32)16-24(22)33/h12-13,16,19,21,23,25-26H,4-11,14-15,17-18H2,1-3H3,(H,35,39)(H,37,41)/t21-,23+,25-,26-/m0/s1. The van der Waals surface area contributed by atoms with E-state index >= 15 is 0 Å². The molecule has 2 fully saturated rings. The first-order valence-corrected chi connectivity index (χ1v) is 15.1. The van der Waals surface area contributed by atoms with Crippen molar-refractivity contribution < 1.29 is 23.2 Å². The second-order valence-electron chi connectivity index (χ2n) is 11.9. The van der Waals surface area contributed by atoms with Crippen LogP contribution in [0.2, 0.25) is 0 Å². The Morgan fingerprint density at radius 3 is 2.63 bits per heavy atom. The smallest absolute Gasteiger partial charge is 0.243 e. The minimum absolute atomic E-state index is 0.0831. The Morgan fingerprint density at radius 1 is 1.10 bits per heavy atom. The maximum absolute atomic E-state index is 14.3. The van der Waals surface area contributed by atoms with Gasteiger partial charge in [0.2, 0.25) is 17.7 Å². The molecule has 8 nitrogen and oxygen atoms in total. The molecule has 3 amide bonds. The van der Waals surface area contributed by atoms with Gasteiger partial charge in [0.1, 0.15) is 23.5 Å². The molecule has 4 atom stereocenters. The van der Waals surface area contributed by atoms with Gasteiger partial charge in [-0.1, -0.05) is 27.2 Å². The van der Waals surface area contributed by atoms with Crippen LogP contribution < -0.4 is 10.6 Å². The topological polar surface area (TPSA) is 103 Å². The fraction of sp³-hybridized carbons (Fsp3) is 0.645. The molecule has 1 aromatic rings. The summed E-state index contributed by atoms with van der Waals surface area (Å²) in [6.45, 7) is 7.00. The van der Waals surface area contributed by atoms with Crippen LogP contribution >= 0.6 is 0 Å². The average molecular weight is 572 g/mol. The van der Waals surface area contributed by atoms with Crippen LogP contribution in [0.15, 0.2) is 28.2 Å². The molecule has 1 saturated carbocycles. The van der Waals surface area contributed by atoms with Crippen LogP contribution in [0.4, 0.5) is 8.78 Å². The van der Waals surface area contributed by atoms with E-state index in [9.17, 15) is 23.2 Å². The molecule has 0 aromatic heterocycles. The van der Waals surface area contributed by atoms with Crippen LogP contribution in [0.1, 0.15) is 90.5 Å². The zero-order valence-corrected chi connectivity index (χ0v) is 24.4. The number of likely N-dealkylation sites (tertiary alicyclic amines) is 1. The van der Waals surface area contributed by atoms with Crippen molar-refractivity contribution in [1.82, 2.24) is 15.5 Å². The summed E-state index contributed by atoms with van der Waals surface area (Å²) in [5, 5.41) is 5.93. The van der Waals surface area contributed by atoms with Gasteiger partial charge >= 0.3 is 0 Å². The number of amidine groups is 1. The van der Waals surface area contributed by atoms with E-state index in [1.807, 2.05) is 18.7 Å². The predicted molar refractivity (Wildman–Crippen MR) is 155 cm³/mol. The first kappa shape index (κ1) is 30.8. The maximum Gasteiger partial charge on any atom is 0.243 e. The second kappa shape index (κ2) is 14.1. The zero-order valence-electron chi connectivity index (χ0n) is 24.4.